The van der Waals surface area contributed by atoms with E-state index in [-0.39, 0.29) is 18.1 Å². The van der Waals surface area contributed by atoms with Crippen molar-refractivity contribution in [2.45, 2.75) is 18.6 Å². The van der Waals surface area contributed by atoms with E-state index in [0.717, 1.165) is 0 Å². The predicted octanol–water partition coefficient (Wildman–Crippen LogP) is -1.43. The third-order valence-electron chi connectivity index (χ3n) is 2.58. The van der Waals surface area contributed by atoms with Crippen LogP contribution in [0.4, 0.5) is 4.79 Å². The summed E-state index contributed by atoms with van der Waals surface area (Å²) in [5, 5.41) is 13.5. The number of nitrogens with one attached hydrogen (secondary N) is 2. The zero-order valence-corrected chi connectivity index (χ0v) is 10.7. The van der Waals surface area contributed by atoms with Gasteiger partial charge in [0.15, 0.2) is 15.9 Å². The molecule has 0 spiro atoms. The Bertz CT molecular complexity index is 421. The van der Waals surface area contributed by atoms with E-state index in [4.69, 9.17) is 5.11 Å². The van der Waals surface area contributed by atoms with E-state index in [1.165, 1.54) is 7.11 Å². The SMILES string of the molecule is COC(CNC(=O)NC1CCS(=O)(=O)C1)C(=O)O. The van der Waals surface area contributed by atoms with Crippen LogP contribution in [0.15, 0.2) is 0 Å². The van der Waals surface area contributed by atoms with Gasteiger partial charge in [-0.2, -0.15) is 0 Å². The first-order chi connectivity index (χ1) is 8.34. The number of hydrogen-bond acceptors (Lipinski definition) is 5. The van der Waals surface area contributed by atoms with E-state index in [1.807, 2.05) is 0 Å². The zero-order chi connectivity index (χ0) is 13.8. The minimum Gasteiger partial charge on any atom is -0.479 e. The molecule has 18 heavy (non-hydrogen) atoms. The number of sulfone groups is 1. The maximum Gasteiger partial charge on any atom is 0.334 e. The van der Waals surface area contributed by atoms with Crippen molar-refractivity contribution in [2.75, 3.05) is 25.2 Å². The molecule has 1 aliphatic rings. The van der Waals surface area contributed by atoms with Crippen LogP contribution in [0.5, 0.6) is 0 Å². The summed E-state index contributed by atoms with van der Waals surface area (Å²) in [5.74, 6) is -1.19. The maximum atomic E-state index is 11.4. The molecule has 0 aromatic heterocycles. The van der Waals surface area contributed by atoms with E-state index in [2.05, 4.69) is 15.4 Å². The van der Waals surface area contributed by atoms with Crippen LogP contribution in [0.2, 0.25) is 0 Å². The molecule has 9 heteroatoms. The van der Waals surface area contributed by atoms with Crippen molar-refractivity contribution in [3.8, 4) is 0 Å². The fourth-order valence-corrected chi connectivity index (χ4v) is 3.28. The number of methoxy groups -OCH3 is 1. The lowest BCUT2D eigenvalue weighted by Gasteiger charge is -2.14. The molecule has 104 valence electrons. The van der Waals surface area contributed by atoms with Gasteiger partial charge in [0.2, 0.25) is 0 Å². The largest absolute Gasteiger partial charge is 0.479 e. The molecule has 0 aromatic carbocycles. The van der Waals surface area contributed by atoms with E-state index in [9.17, 15) is 18.0 Å². The molecule has 1 aliphatic heterocycles. The summed E-state index contributed by atoms with van der Waals surface area (Å²) in [7, 11) is -1.83. The Morgan fingerprint density at radius 1 is 1.50 bits per heavy atom. The summed E-state index contributed by atoms with van der Waals surface area (Å²) < 4.78 is 26.9. The van der Waals surface area contributed by atoms with Crippen molar-refractivity contribution in [1.82, 2.24) is 10.6 Å². The fourth-order valence-electron chi connectivity index (χ4n) is 1.60. The summed E-state index contributed by atoms with van der Waals surface area (Å²) in [6.07, 6.45) is -0.745. The van der Waals surface area contributed by atoms with Crippen molar-refractivity contribution in [2.24, 2.45) is 0 Å². The highest BCUT2D eigenvalue weighted by Gasteiger charge is 2.29. The number of ether oxygens (including phenoxy) is 1. The molecule has 0 aromatic rings. The molecule has 0 saturated carbocycles. The minimum absolute atomic E-state index is 0.0633. The molecule has 0 bridgehead atoms. The van der Waals surface area contributed by atoms with Gasteiger partial charge in [0.05, 0.1) is 18.1 Å². The smallest absolute Gasteiger partial charge is 0.334 e. The predicted molar refractivity (Wildman–Crippen MR) is 62.0 cm³/mol. The first-order valence-corrected chi connectivity index (χ1v) is 7.16. The van der Waals surface area contributed by atoms with Gasteiger partial charge in [0.1, 0.15) is 0 Å². The number of amides is 2. The normalized spacial score (nSPS) is 23.3. The van der Waals surface area contributed by atoms with Gasteiger partial charge in [0, 0.05) is 13.2 Å². The van der Waals surface area contributed by atoms with Crippen molar-refractivity contribution < 1.29 is 27.9 Å². The summed E-state index contributed by atoms with van der Waals surface area (Å²) in [5.41, 5.74) is 0. The Hall–Kier alpha value is -1.35. The Morgan fingerprint density at radius 2 is 2.17 bits per heavy atom. The number of carboxylic acids is 1. The second kappa shape index (κ2) is 6.01. The molecule has 0 radical (unpaired) electrons. The summed E-state index contributed by atoms with van der Waals surface area (Å²) in [4.78, 5) is 22.0. The van der Waals surface area contributed by atoms with Crippen LogP contribution in [0.3, 0.4) is 0 Å². The van der Waals surface area contributed by atoms with Crippen LogP contribution >= 0.6 is 0 Å². The number of urea groups is 1. The summed E-state index contributed by atoms with van der Waals surface area (Å²) in [6.45, 7) is -0.183. The summed E-state index contributed by atoms with van der Waals surface area (Å²) >= 11 is 0. The van der Waals surface area contributed by atoms with E-state index < -0.39 is 34.0 Å². The molecule has 1 heterocycles. The lowest BCUT2D eigenvalue weighted by molar-refractivity contribution is -0.147. The average molecular weight is 280 g/mol. The quantitative estimate of drug-likeness (QED) is 0.567. The number of hydrogen-bond donors (Lipinski definition) is 3. The summed E-state index contributed by atoms with van der Waals surface area (Å²) in [6, 6.07) is -1.01. The Balaban J connectivity index is 2.32. The Morgan fingerprint density at radius 3 is 2.61 bits per heavy atom. The van der Waals surface area contributed by atoms with Crippen molar-refractivity contribution >= 4 is 21.8 Å². The van der Waals surface area contributed by atoms with Crippen molar-refractivity contribution in [3.05, 3.63) is 0 Å². The molecule has 8 nitrogen and oxygen atoms in total. The Kier molecular flexibility index (Phi) is 4.91. The molecule has 0 aliphatic carbocycles. The highest BCUT2D eigenvalue weighted by molar-refractivity contribution is 7.91. The molecule has 2 atom stereocenters. The lowest BCUT2D eigenvalue weighted by Crippen LogP contribution is -2.46. The maximum absolute atomic E-state index is 11.4. The van der Waals surface area contributed by atoms with Gasteiger partial charge < -0.3 is 20.5 Å². The zero-order valence-electron chi connectivity index (χ0n) is 9.88. The first-order valence-electron chi connectivity index (χ1n) is 5.34. The first kappa shape index (κ1) is 14.7. The molecular formula is C9H16N2O6S. The second-order valence-electron chi connectivity index (χ2n) is 4.02. The van der Waals surface area contributed by atoms with Crippen LogP contribution in [0.1, 0.15) is 6.42 Å². The van der Waals surface area contributed by atoms with E-state index >= 15 is 0 Å². The van der Waals surface area contributed by atoms with Gasteiger partial charge >= 0.3 is 12.0 Å². The molecule has 1 rings (SSSR count). The molecular weight excluding hydrogens is 264 g/mol. The van der Waals surface area contributed by atoms with Crippen LogP contribution in [0, 0.1) is 0 Å². The highest BCUT2D eigenvalue weighted by atomic mass is 32.2. The number of carbonyl (C=O) groups is 2. The standard InChI is InChI=1S/C9H16N2O6S/c1-17-7(8(12)13)4-10-9(14)11-6-2-3-18(15,16)5-6/h6-7H,2-5H2,1H3,(H,12,13)(H2,10,11,14). The lowest BCUT2D eigenvalue weighted by atomic mass is 10.3. The minimum atomic E-state index is -3.05. The fraction of sp³-hybridized carbons (Fsp3) is 0.778. The number of carbonyl (C=O) groups excluding carboxylic acids is 1. The third kappa shape index (κ3) is 4.49. The van der Waals surface area contributed by atoms with Crippen molar-refractivity contribution in [3.63, 3.8) is 0 Å². The average Bonchev–Trinajstić information content (AvgIpc) is 2.58. The van der Waals surface area contributed by atoms with Gasteiger partial charge in [-0.3, -0.25) is 0 Å². The van der Waals surface area contributed by atoms with Crippen LogP contribution < -0.4 is 10.6 Å². The van der Waals surface area contributed by atoms with Gasteiger partial charge in [-0.25, -0.2) is 18.0 Å². The van der Waals surface area contributed by atoms with Gasteiger partial charge in [0.25, 0.3) is 0 Å². The topological polar surface area (TPSA) is 122 Å². The van der Waals surface area contributed by atoms with Gasteiger partial charge in [-0.1, -0.05) is 0 Å². The molecule has 2 unspecified atom stereocenters. The monoisotopic (exact) mass is 280 g/mol. The van der Waals surface area contributed by atoms with Gasteiger partial charge in [-0.05, 0) is 6.42 Å². The second-order valence-corrected chi connectivity index (χ2v) is 6.25. The molecule has 1 fully saturated rings. The Labute approximate surface area is 105 Å². The molecule has 2 amide bonds. The van der Waals surface area contributed by atoms with Crippen molar-refractivity contribution in [1.29, 1.82) is 0 Å². The number of aliphatic carboxylic acids is 1. The van der Waals surface area contributed by atoms with Crippen LogP contribution in [0.25, 0.3) is 0 Å². The number of rotatable bonds is 5. The molecule has 1 saturated heterocycles. The highest BCUT2D eigenvalue weighted by Crippen LogP contribution is 2.10. The van der Waals surface area contributed by atoms with Crippen LogP contribution in [-0.4, -0.2) is 62.8 Å². The number of carboxylic acid groups (broad SMARTS) is 1. The third-order valence-corrected chi connectivity index (χ3v) is 4.34. The van der Waals surface area contributed by atoms with Crippen LogP contribution in [-0.2, 0) is 19.4 Å². The van der Waals surface area contributed by atoms with Gasteiger partial charge in [-0.15, -0.1) is 0 Å². The molecule has 3 N–H and O–H groups in total. The van der Waals surface area contributed by atoms with E-state index in [1.54, 1.807) is 0 Å². The van der Waals surface area contributed by atoms with E-state index in [0.29, 0.717) is 6.42 Å².